The van der Waals surface area contributed by atoms with Gasteiger partial charge in [-0.2, -0.15) is 4.98 Å². The van der Waals surface area contributed by atoms with E-state index in [1.165, 1.54) is 11.3 Å². The highest BCUT2D eigenvalue weighted by molar-refractivity contribution is 7.20. The fourth-order valence-electron chi connectivity index (χ4n) is 3.23. The Balaban J connectivity index is 1.40. The van der Waals surface area contributed by atoms with Crippen molar-refractivity contribution in [2.45, 2.75) is 0 Å². The fraction of sp³-hybridized carbons (Fsp3) is 0.471. The molecule has 2 fully saturated rings. The van der Waals surface area contributed by atoms with Crippen LogP contribution >= 0.6 is 34.5 Å². The molecule has 0 radical (unpaired) electrons. The Morgan fingerprint density at radius 2 is 1.81 bits per heavy atom. The summed E-state index contributed by atoms with van der Waals surface area (Å²) in [6.45, 7) is 5.64. The van der Waals surface area contributed by atoms with E-state index in [1.54, 1.807) is 12.3 Å². The standard InChI is InChI=1S/C17H19Cl2N5O2S/c18-13-11-12(15(19)27-13)16(25)23-5-3-22(4-6-23)14-1-2-20-17(21-14)24-7-9-26-10-8-24/h1-2,11H,3-10H2. The van der Waals surface area contributed by atoms with Gasteiger partial charge in [0.05, 0.1) is 23.1 Å². The zero-order valence-electron chi connectivity index (χ0n) is 14.6. The van der Waals surface area contributed by atoms with Gasteiger partial charge in [0.2, 0.25) is 5.95 Å². The summed E-state index contributed by atoms with van der Waals surface area (Å²) in [6.07, 6.45) is 1.79. The predicted octanol–water partition coefficient (Wildman–Crippen LogP) is 2.64. The summed E-state index contributed by atoms with van der Waals surface area (Å²) in [7, 11) is 0. The molecular weight excluding hydrogens is 409 g/mol. The molecule has 4 rings (SSSR count). The van der Waals surface area contributed by atoms with Crippen molar-refractivity contribution in [2.24, 2.45) is 0 Å². The summed E-state index contributed by atoms with van der Waals surface area (Å²) >= 11 is 13.3. The van der Waals surface area contributed by atoms with Gasteiger partial charge in [-0.15, -0.1) is 11.3 Å². The molecule has 0 spiro atoms. The minimum Gasteiger partial charge on any atom is -0.378 e. The van der Waals surface area contributed by atoms with Gasteiger partial charge in [0.15, 0.2) is 0 Å². The Bertz CT molecular complexity index is 819. The summed E-state index contributed by atoms with van der Waals surface area (Å²) in [5.41, 5.74) is 0.483. The second-order valence-corrected chi connectivity index (χ2v) is 8.62. The highest BCUT2D eigenvalue weighted by Crippen LogP contribution is 2.32. The molecule has 27 heavy (non-hydrogen) atoms. The molecule has 2 aromatic rings. The van der Waals surface area contributed by atoms with Crippen LogP contribution in [0.4, 0.5) is 11.8 Å². The van der Waals surface area contributed by atoms with Crippen molar-refractivity contribution in [2.75, 3.05) is 62.3 Å². The van der Waals surface area contributed by atoms with E-state index in [-0.39, 0.29) is 5.91 Å². The van der Waals surface area contributed by atoms with E-state index in [9.17, 15) is 4.79 Å². The third-order valence-electron chi connectivity index (χ3n) is 4.70. The minimum absolute atomic E-state index is 0.0699. The molecular formula is C17H19Cl2N5O2S. The molecule has 0 N–H and O–H groups in total. The van der Waals surface area contributed by atoms with Crippen molar-refractivity contribution in [1.82, 2.24) is 14.9 Å². The number of nitrogens with zero attached hydrogens (tertiary/aromatic N) is 5. The van der Waals surface area contributed by atoms with Gasteiger partial charge < -0.3 is 19.4 Å². The first-order chi connectivity index (χ1) is 13.1. The van der Waals surface area contributed by atoms with Crippen LogP contribution in [0.5, 0.6) is 0 Å². The van der Waals surface area contributed by atoms with Crippen LogP contribution < -0.4 is 9.80 Å². The Morgan fingerprint density at radius 1 is 1.07 bits per heavy atom. The quantitative estimate of drug-likeness (QED) is 0.749. The van der Waals surface area contributed by atoms with Crippen LogP contribution in [0.25, 0.3) is 0 Å². The van der Waals surface area contributed by atoms with Crippen LogP contribution in [0.1, 0.15) is 10.4 Å². The number of aromatic nitrogens is 2. The van der Waals surface area contributed by atoms with Gasteiger partial charge in [-0.05, 0) is 12.1 Å². The van der Waals surface area contributed by atoms with Gasteiger partial charge in [0.1, 0.15) is 10.2 Å². The van der Waals surface area contributed by atoms with E-state index in [0.29, 0.717) is 53.6 Å². The lowest BCUT2D eigenvalue weighted by atomic mass is 10.2. The number of morpholine rings is 1. The maximum absolute atomic E-state index is 12.7. The number of anilines is 2. The second-order valence-electron chi connectivity index (χ2n) is 6.33. The largest absolute Gasteiger partial charge is 0.378 e. The number of hydrogen-bond acceptors (Lipinski definition) is 7. The van der Waals surface area contributed by atoms with E-state index in [0.717, 1.165) is 24.9 Å². The van der Waals surface area contributed by atoms with E-state index in [1.807, 2.05) is 11.0 Å². The molecule has 2 aromatic heterocycles. The number of halogens is 2. The molecule has 7 nitrogen and oxygen atoms in total. The lowest BCUT2D eigenvalue weighted by Gasteiger charge is -2.35. The lowest BCUT2D eigenvalue weighted by molar-refractivity contribution is 0.0747. The Labute approximate surface area is 171 Å². The van der Waals surface area contributed by atoms with Gasteiger partial charge in [-0.3, -0.25) is 4.79 Å². The van der Waals surface area contributed by atoms with Gasteiger partial charge in [0.25, 0.3) is 5.91 Å². The fourth-order valence-corrected chi connectivity index (χ4v) is 4.67. The Hall–Kier alpha value is -1.61. The van der Waals surface area contributed by atoms with Crippen molar-refractivity contribution >= 4 is 52.2 Å². The van der Waals surface area contributed by atoms with Crippen LogP contribution in [0, 0.1) is 0 Å². The van der Waals surface area contributed by atoms with Crippen LogP contribution in [0.3, 0.4) is 0 Å². The molecule has 144 valence electrons. The molecule has 2 aliphatic rings. The zero-order chi connectivity index (χ0) is 18.8. The Morgan fingerprint density at radius 3 is 2.48 bits per heavy atom. The average molecular weight is 428 g/mol. The van der Waals surface area contributed by atoms with E-state index < -0.39 is 0 Å². The third-order valence-corrected chi connectivity index (χ3v) is 6.19. The van der Waals surface area contributed by atoms with Crippen molar-refractivity contribution in [1.29, 1.82) is 0 Å². The molecule has 0 unspecified atom stereocenters. The summed E-state index contributed by atoms with van der Waals surface area (Å²) in [5.74, 6) is 1.55. The highest BCUT2D eigenvalue weighted by Gasteiger charge is 2.26. The molecule has 0 aromatic carbocycles. The Kier molecular flexibility index (Phi) is 5.68. The number of carbonyl (C=O) groups excluding carboxylic acids is 1. The highest BCUT2D eigenvalue weighted by atomic mass is 35.5. The van der Waals surface area contributed by atoms with Gasteiger partial charge >= 0.3 is 0 Å². The van der Waals surface area contributed by atoms with Crippen LogP contribution in [-0.4, -0.2) is 73.3 Å². The maximum atomic E-state index is 12.7. The van der Waals surface area contributed by atoms with Crippen LogP contribution in [0.15, 0.2) is 18.3 Å². The normalized spacial score (nSPS) is 18.1. The number of ether oxygens (including phenoxy) is 1. The van der Waals surface area contributed by atoms with Gasteiger partial charge in [-0.25, -0.2) is 4.98 Å². The summed E-state index contributed by atoms with van der Waals surface area (Å²) in [5, 5.41) is 0. The molecule has 10 heteroatoms. The molecule has 1 amide bonds. The monoisotopic (exact) mass is 427 g/mol. The first-order valence-electron chi connectivity index (χ1n) is 8.76. The number of amides is 1. The second kappa shape index (κ2) is 8.18. The zero-order valence-corrected chi connectivity index (χ0v) is 16.9. The van der Waals surface area contributed by atoms with Crippen molar-refractivity contribution in [3.8, 4) is 0 Å². The SMILES string of the molecule is O=C(c1cc(Cl)sc1Cl)N1CCN(c2ccnc(N3CCOCC3)n2)CC1. The topological polar surface area (TPSA) is 61.8 Å². The average Bonchev–Trinajstić information content (AvgIpc) is 3.06. The summed E-state index contributed by atoms with van der Waals surface area (Å²) in [6, 6.07) is 3.55. The maximum Gasteiger partial charge on any atom is 0.256 e. The first-order valence-corrected chi connectivity index (χ1v) is 10.3. The third kappa shape index (κ3) is 4.13. The predicted molar refractivity (Wildman–Crippen MR) is 108 cm³/mol. The number of rotatable bonds is 3. The van der Waals surface area contributed by atoms with E-state index in [4.69, 9.17) is 32.9 Å². The lowest BCUT2D eigenvalue weighted by Crippen LogP contribution is -2.49. The molecule has 2 saturated heterocycles. The van der Waals surface area contributed by atoms with Crippen molar-refractivity contribution in [3.05, 3.63) is 32.6 Å². The van der Waals surface area contributed by atoms with E-state index in [2.05, 4.69) is 14.8 Å². The van der Waals surface area contributed by atoms with Crippen LogP contribution in [0.2, 0.25) is 8.67 Å². The smallest absolute Gasteiger partial charge is 0.256 e. The molecule has 0 saturated carbocycles. The molecule has 2 aliphatic heterocycles. The molecule has 4 heterocycles. The summed E-state index contributed by atoms with van der Waals surface area (Å²) in [4.78, 5) is 27.9. The van der Waals surface area contributed by atoms with Gasteiger partial charge in [-0.1, -0.05) is 23.2 Å². The van der Waals surface area contributed by atoms with Crippen molar-refractivity contribution < 1.29 is 9.53 Å². The number of piperazine rings is 1. The minimum atomic E-state index is -0.0699. The number of thiophene rings is 1. The van der Waals surface area contributed by atoms with Crippen molar-refractivity contribution in [3.63, 3.8) is 0 Å². The first kappa shape index (κ1) is 18.7. The van der Waals surface area contributed by atoms with Gasteiger partial charge in [0, 0.05) is 45.5 Å². The molecule has 0 atom stereocenters. The summed E-state index contributed by atoms with van der Waals surface area (Å²) < 4.78 is 6.36. The molecule has 0 aliphatic carbocycles. The number of hydrogen-bond donors (Lipinski definition) is 0. The number of carbonyl (C=O) groups is 1. The van der Waals surface area contributed by atoms with E-state index >= 15 is 0 Å². The van der Waals surface area contributed by atoms with Crippen LogP contribution in [-0.2, 0) is 4.74 Å². The molecule has 0 bridgehead atoms.